The highest BCUT2D eigenvalue weighted by Crippen LogP contribution is 2.38. The number of morpholine rings is 1. The van der Waals surface area contributed by atoms with Crippen molar-refractivity contribution in [2.75, 3.05) is 38.3 Å². The van der Waals surface area contributed by atoms with Crippen LogP contribution in [0.2, 0.25) is 0 Å². The number of pyridine rings is 2. The van der Waals surface area contributed by atoms with Crippen molar-refractivity contribution < 1.29 is 13.9 Å². The van der Waals surface area contributed by atoms with E-state index in [-0.39, 0.29) is 11.9 Å². The third-order valence-electron chi connectivity index (χ3n) is 6.42. The van der Waals surface area contributed by atoms with Crippen molar-refractivity contribution in [3.8, 4) is 22.9 Å². The molecule has 0 spiro atoms. The molecule has 2 saturated heterocycles. The largest absolute Gasteiger partial charge is 0.497 e. The molecule has 0 unspecified atom stereocenters. The Balaban J connectivity index is 1.59. The van der Waals surface area contributed by atoms with Gasteiger partial charge in [-0.05, 0) is 35.7 Å². The SMILES string of the molecule is COc1cc(F)cc(-c2cncc(/C=C/c3cncc(C#N)c3)c2N2CC[C@@H]3NCCO[C@H]3C2)c1. The van der Waals surface area contributed by atoms with Gasteiger partial charge in [0.2, 0.25) is 0 Å². The van der Waals surface area contributed by atoms with Crippen LogP contribution < -0.4 is 15.0 Å². The lowest BCUT2D eigenvalue weighted by Gasteiger charge is -2.43. The fraction of sp³-hybridized carbons (Fsp3) is 0.296. The van der Waals surface area contributed by atoms with Crippen LogP contribution in [0.25, 0.3) is 23.3 Å². The molecule has 8 heteroatoms. The van der Waals surface area contributed by atoms with E-state index in [9.17, 15) is 9.65 Å². The van der Waals surface area contributed by atoms with E-state index in [1.807, 2.05) is 18.2 Å². The van der Waals surface area contributed by atoms with E-state index in [0.717, 1.165) is 41.9 Å². The number of hydrogen-bond acceptors (Lipinski definition) is 7. The lowest BCUT2D eigenvalue weighted by Crippen LogP contribution is -2.58. The summed E-state index contributed by atoms with van der Waals surface area (Å²) in [6.45, 7) is 3.10. The molecule has 2 atom stereocenters. The summed E-state index contributed by atoms with van der Waals surface area (Å²) in [5, 5.41) is 12.8. The van der Waals surface area contributed by atoms with Crippen LogP contribution in [0, 0.1) is 17.1 Å². The van der Waals surface area contributed by atoms with E-state index in [2.05, 4.69) is 26.3 Å². The van der Waals surface area contributed by atoms with Gasteiger partial charge in [0.25, 0.3) is 0 Å². The molecule has 0 aliphatic carbocycles. The van der Waals surface area contributed by atoms with Gasteiger partial charge in [0.1, 0.15) is 17.6 Å². The number of halogens is 1. The second-order valence-electron chi connectivity index (χ2n) is 8.66. The van der Waals surface area contributed by atoms with Gasteiger partial charge < -0.3 is 19.7 Å². The van der Waals surface area contributed by atoms with Gasteiger partial charge >= 0.3 is 0 Å². The second kappa shape index (κ2) is 10.2. The van der Waals surface area contributed by atoms with Crippen molar-refractivity contribution in [2.45, 2.75) is 18.6 Å². The number of anilines is 1. The highest BCUT2D eigenvalue weighted by molar-refractivity contribution is 5.87. The first-order valence-corrected chi connectivity index (χ1v) is 11.6. The molecule has 3 aromatic rings. The minimum Gasteiger partial charge on any atom is -0.497 e. The molecule has 0 radical (unpaired) electrons. The molecule has 2 fully saturated rings. The van der Waals surface area contributed by atoms with E-state index in [4.69, 9.17) is 9.47 Å². The lowest BCUT2D eigenvalue weighted by atomic mass is 9.96. The van der Waals surface area contributed by atoms with E-state index in [0.29, 0.717) is 36.1 Å². The Morgan fingerprint density at radius 3 is 2.91 bits per heavy atom. The van der Waals surface area contributed by atoms with Crippen LogP contribution in [-0.2, 0) is 4.74 Å². The average molecular weight is 472 g/mol. The quantitative estimate of drug-likeness (QED) is 0.604. The number of nitriles is 1. The molecule has 0 saturated carbocycles. The first-order valence-electron chi connectivity index (χ1n) is 11.6. The Hall–Kier alpha value is -3.80. The molecule has 178 valence electrons. The zero-order valence-corrected chi connectivity index (χ0v) is 19.4. The van der Waals surface area contributed by atoms with Crippen LogP contribution in [0.3, 0.4) is 0 Å². The minimum absolute atomic E-state index is 0.0777. The van der Waals surface area contributed by atoms with Gasteiger partial charge in [0.15, 0.2) is 0 Å². The fourth-order valence-electron chi connectivity index (χ4n) is 4.76. The Labute approximate surface area is 203 Å². The highest BCUT2D eigenvalue weighted by Gasteiger charge is 2.33. The molecule has 7 nitrogen and oxygen atoms in total. The van der Waals surface area contributed by atoms with Gasteiger partial charge in [-0.25, -0.2) is 4.39 Å². The lowest BCUT2D eigenvalue weighted by molar-refractivity contribution is -0.00901. The van der Waals surface area contributed by atoms with Crippen LogP contribution in [0.4, 0.5) is 10.1 Å². The van der Waals surface area contributed by atoms with Gasteiger partial charge in [-0.1, -0.05) is 12.2 Å². The number of nitrogens with one attached hydrogen (secondary N) is 1. The number of benzene rings is 1. The van der Waals surface area contributed by atoms with Crippen molar-refractivity contribution in [3.63, 3.8) is 0 Å². The molecular weight excluding hydrogens is 445 g/mol. The Kier molecular flexibility index (Phi) is 6.70. The van der Waals surface area contributed by atoms with Gasteiger partial charge in [-0.15, -0.1) is 0 Å². The number of piperidine rings is 1. The maximum absolute atomic E-state index is 14.4. The average Bonchev–Trinajstić information content (AvgIpc) is 2.91. The van der Waals surface area contributed by atoms with Crippen molar-refractivity contribution in [3.05, 3.63) is 71.6 Å². The summed E-state index contributed by atoms with van der Waals surface area (Å²) in [6, 6.07) is 8.92. The summed E-state index contributed by atoms with van der Waals surface area (Å²) in [5.74, 6) is 0.0778. The normalized spacial score (nSPS) is 19.9. The maximum atomic E-state index is 14.4. The van der Waals surface area contributed by atoms with Crippen LogP contribution in [0.15, 0.2) is 49.1 Å². The molecule has 2 aliphatic rings. The van der Waals surface area contributed by atoms with E-state index < -0.39 is 0 Å². The number of aromatic nitrogens is 2. The number of fused-ring (bicyclic) bond motifs is 1. The van der Waals surface area contributed by atoms with E-state index in [1.165, 1.54) is 25.4 Å². The summed E-state index contributed by atoms with van der Waals surface area (Å²) >= 11 is 0. The maximum Gasteiger partial charge on any atom is 0.127 e. The molecule has 5 rings (SSSR count). The van der Waals surface area contributed by atoms with Crippen LogP contribution in [0.1, 0.15) is 23.1 Å². The predicted octanol–water partition coefficient (Wildman–Crippen LogP) is 3.90. The number of ether oxygens (including phenoxy) is 2. The predicted molar refractivity (Wildman–Crippen MR) is 132 cm³/mol. The third-order valence-corrected chi connectivity index (χ3v) is 6.42. The minimum atomic E-state index is -0.371. The Morgan fingerprint density at radius 2 is 2.06 bits per heavy atom. The molecule has 2 aliphatic heterocycles. The number of rotatable bonds is 5. The summed E-state index contributed by atoms with van der Waals surface area (Å²) in [4.78, 5) is 10.9. The van der Waals surface area contributed by atoms with Crippen LogP contribution in [-0.4, -0.2) is 55.5 Å². The summed E-state index contributed by atoms with van der Waals surface area (Å²) < 4.78 is 25.8. The summed E-state index contributed by atoms with van der Waals surface area (Å²) in [6.07, 6.45) is 11.7. The monoisotopic (exact) mass is 471 g/mol. The van der Waals surface area contributed by atoms with E-state index in [1.54, 1.807) is 24.7 Å². The van der Waals surface area contributed by atoms with Crippen molar-refractivity contribution in [2.24, 2.45) is 0 Å². The zero-order valence-electron chi connectivity index (χ0n) is 19.4. The molecule has 0 bridgehead atoms. The summed E-state index contributed by atoms with van der Waals surface area (Å²) in [5.41, 5.74) is 4.66. The number of hydrogen-bond donors (Lipinski definition) is 1. The third kappa shape index (κ3) is 5.02. The van der Waals surface area contributed by atoms with Crippen molar-refractivity contribution in [1.29, 1.82) is 5.26 Å². The van der Waals surface area contributed by atoms with Gasteiger partial charge in [-0.3, -0.25) is 9.97 Å². The molecule has 35 heavy (non-hydrogen) atoms. The molecule has 1 aromatic carbocycles. The van der Waals surface area contributed by atoms with Crippen LogP contribution in [0.5, 0.6) is 5.75 Å². The van der Waals surface area contributed by atoms with Gasteiger partial charge in [0, 0.05) is 67.7 Å². The van der Waals surface area contributed by atoms with Gasteiger partial charge in [0.05, 0.1) is 31.1 Å². The van der Waals surface area contributed by atoms with Gasteiger partial charge in [-0.2, -0.15) is 5.26 Å². The number of nitrogens with zero attached hydrogens (tertiary/aromatic N) is 4. The molecule has 4 heterocycles. The first-order chi connectivity index (χ1) is 17.1. The Morgan fingerprint density at radius 1 is 1.17 bits per heavy atom. The standard InChI is InChI=1S/C27H26FN5O2/c1-34-23-10-21(9-22(28)11-23)24-16-31-15-20(3-2-18-8-19(12-29)14-30-13-18)27(24)33-6-4-25-26(17-33)35-7-5-32-25/h2-3,8-11,13-16,25-26,32H,4-7,17H2,1H3/b3-2+/t25-,26-/m0/s1. The fourth-order valence-corrected chi connectivity index (χ4v) is 4.76. The van der Waals surface area contributed by atoms with Crippen molar-refractivity contribution >= 4 is 17.8 Å². The summed E-state index contributed by atoms with van der Waals surface area (Å²) in [7, 11) is 1.53. The van der Waals surface area contributed by atoms with E-state index >= 15 is 0 Å². The smallest absolute Gasteiger partial charge is 0.127 e. The molecule has 2 aromatic heterocycles. The highest BCUT2D eigenvalue weighted by atomic mass is 19.1. The van der Waals surface area contributed by atoms with Crippen LogP contribution >= 0.6 is 0 Å². The topological polar surface area (TPSA) is 83.3 Å². The Bertz CT molecular complexity index is 1290. The molecule has 0 amide bonds. The zero-order chi connectivity index (χ0) is 24.2. The van der Waals surface area contributed by atoms with Crippen molar-refractivity contribution in [1.82, 2.24) is 15.3 Å². The molecule has 1 N–H and O–H groups in total. The first kappa shape index (κ1) is 23.0. The second-order valence-corrected chi connectivity index (χ2v) is 8.66. The molecular formula is C27H26FN5O2. The number of methoxy groups -OCH3 is 1.